The van der Waals surface area contributed by atoms with E-state index >= 15 is 0 Å². The molecule has 0 fully saturated rings. The van der Waals surface area contributed by atoms with Crippen molar-refractivity contribution in [3.8, 4) is 5.88 Å². The lowest BCUT2D eigenvalue weighted by molar-refractivity contribution is 0.301. The third kappa shape index (κ3) is 5.16. The van der Waals surface area contributed by atoms with E-state index in [1.54, 1.807) is 24.4 Å². The van der Waals surface area contributed by atoms with E-state index in [2.05, 4.69) is 19.7 Å². The van der Waals surface area contributed by atoms with Gasteiger partial charge < -0.3 is 4.74 Å². The predicted molar refractivity (Wildman–Crippen MR) is 120 cm³/mol. The minimum absolute atomic E-state index is 0.0709. The topological polar surface area (TPSA) is 94.1 Å². The average Bonchev–Trinajstić information content (AvgIpc) is 2.77. The fourth-order valence-corrected chi connectivity index (χ4v) is 4.21. The minimum Gasteiger partial charge on any atom is -0.475 e. The van der Waals surface area contributed by atoms with Crippen molar-refractivity contribution in [1.29, 1.82) is 0 Å². The minimum atomic E-state index is -3.84. The molecule has 0 aliphatic carbocycles. The predicted octanol–water partition coefficient (Wildman–Crippen LogP) is 4.15. The van der Waals surface area contributed by atoms with Crippen molar-refractivity contribution in [2.24, 2.45) is 0 Å². The lowest BCUT2D eigenvalue weighted by Crippen LogP contribution is -2.16. The SMILES string of the molecule is Cc1cccc(S(=O)(=O)Nc2nc3ccccc3nc2OCCCc2cccnc2)c1. The van der Waals surface area contributed by atoms with Crippen LogP contribution in [0.4, 0.5) is 5.82 Å². The van der Waals surface area contributed by atoms with Gasteiger partial charge in [0.05, 0.1) is 22.5 Å². The second-order valence-electron chi connectivity index (χ2n) is 7.10. The molecule has 8 heteroatoms. The van der Waals surface area contributed by atoms with Crippen LogP contribution < -0.4 is 9.46 Å². The fourth-order valence-electron chi connectivity index (χ4n) is 3.11. The highest BCUT2D eigenvalue weighted by molar-refractivity contribution is 7.92. The van der Waals surface area contributed by atoms with Gasteiger partial charge in [0.25, 0.3) is 15.9 Å². The number of fused-ring (bicyclic) bond motifs is 1. The maximum absolute atomic E-state index is 12.9. The Morgan fingerprint density at radius 3 is 2.52 bits per heavy atom. The van der Waals surface area contributed by atoms with Gasteiger partial charge in [0.2, 0.25) is 5.82 Å². The van der Waals surface area contributed by atoms with Gasteiger partial charge in [0.1, 0.15) is 0 Å². The monoisotopic (exact) mass is 434 g/mol. The van der Waals surface area contributed by atoms with E-state index < -0.39 is 10.0 Å². The van der Waals surface area contributed by atoms with Crippen LogP contribution >= 0.6 is 0 Å². The van der Waals surface area contributed by atoms with Crippen LogP contribution in [-0.2, 0) is 16.4 Å². The number of hydrogen-bond acceptors (Lipinski definition) is 6. The number of aromatic nitrogens is 3. The Morgan fingerprint density at radius 2 is 1.77 bits per heavy atom. The van der Waals surface area contributed by atoms with Crippen LogP contribution in [0.15, 0.2) is 78.0 Å². The summed E-state index contributed by atoms with van der Waals surface area (Å²) in [6, 6.07) is 17.8. The van der Waals surface area contributed by atoms with Crippen molar-refractivity contribution >= 4 is 26.9 Å². The Balaban J connectivity index is 1.57. The van der Waals surface area contributed by atoms with Crippen molar-refractivity contribution in [2.45, 2.75) is 24.7 Å². The third-order valence-corrected chi connectivity index (χ3v) is 5.98. The van der Waals surface area contributed by atoms with Gasteiger partial charge in [-0.3, -0.25) is 9.71 Å². The molecule has 0 bridgehead atoms. The third-order valence-electron chi connectivity index (χ3n) is 4.64. The number of sulfonamides is 1. The standard InChI is InChI=1S/C23H22N4O3S/c1-17-7-4-10-19(15-17)31(28,29)27-22-23(26-21-12-3-2-11-20(21)25-22)30-14-6-9-18-8-5-13-24-16-18/h2-5,7-8,10-13,15-16H,6,9,14H2,1H3,(H,25,27). The zero-order valence-corrected chi connectivity index (χ0v) is 17.8. The summed E-state index contributed by atoms with van der Waals surface area (Å²) in [5.74, 6) is 0.225. The molecular weight excluding hydrogens is 412 g/mol. The summed E-state index contributed by atoms with van der Waals surface area (Å²) in [7, 11) is -3.84. The number of hydrogen-bond donors (Lipinski definition) is 1. The molecule has 0 atom stereocenters. The van der Waals surface area contributed by atoms with E-state index in [9.17, 15) is 8.42 Å². The van der Waals surface area contributed by atoms with Gasteiger partial charge in [0.15, 0.2) is 0 Å². The summed E-state index contributed by atoms with van der Waals surface area (Å²) in [4.78, 5) is 13.2. The van der Waals surface area contributed by atoms with E-state index in [4.69, 9.17) is 4.74 Å². The molecule has 2 aromatic heterocycles. The van der Waals surface area contributed by atoms with Crippen LogP contribution in [0.25, 0.3) is 11.0 Å². The zero-order chi connectivity index (χ0) is 21.7. The Kier molecular flexibility index (Phi) is 6.08. The number of nitrogens with zero attached hydrogens (tertiary/aromatic N) is 3. The van der Waals surface area contributed by atoms with E-state index in [0.29, 0.717) is 17.6 Å². The van der Waals surface area contributed by atoms with Gasteiger partial charge in [0, 0.05) is 12.4 Å². The average molecular weight is 435 g/mol. The van der Waals surface area contributed by atoms with Gasteiger partial charge in [-0.15, -0.1) is 0 Å². The molecule has 0 aliphatic heterocycles. The summed E-state index contributed by atoms with van der Waals surface area (Å²) < 4.78 is 34.2. The molecule has 31 heavy (non-hydrogen) atoms. The van der Waals surface area contributed by atoms with E-state index in [1.165, 1.54) is 6.07 Å². The quantitative estimate of drug-likeness (QED) is 0.419. The Labute approximate surface area is 181 Å². The smallest absolute Gasteiger partial charge is 0.263 e. The molecule has 0 saturated carbocycles. The molecule has 0 unspecified atom stereocenters. The summed E-state index contributed by atoms with van der Waals surface area (Å²) in [5, 5.41) is 0. The zero-order valence-electron chi connectivity index (χ0n) is 17.0. The number of nitrogens with one attached hydrogen (secondary N) is 1. The van der Waals surface area contributed by atoms with Gasteiger partial charge >= 0.3 is 0 Å². The number of para-hydroxylation sites is 2. The van der Waals surface area contributed by atoms with Crippen LogP contribution in [0.3, 0.4) is 0 Å². The van der Waals surface area contributed by atoms with E-state index in [0.717, 1.165) is 24.0 Å². The molecule has 0 saturated heterocycles. The molecular formula is C23H22N4O3S. The Hall–Kier alpha value is -3.52. The van der Waals surface area contributed by atoms with Gasteiger partial charge in [-0.25, -0.2) is 18.4 Å². The highest BCUT2D eigenvalue weighted by Crippen LogP contribution is 2.26. The highest BCUT2D eigenvalue weighted by Gasteiger charge is 2.20. The first-order valence-corrected chi connectivity index (χ1v) is 11.4. The van der Waals surface area contributed by atoms with Crippen molar-refractivity contribution in [3.63, 3.8) is 0 Å². The molecule has 7 nitrogen and oxygen atoms in total. The second-order valence-corrected chi connectivity index (χ2v) is 8.78. The fraction of sp³-hybridized carbons (Fsp3) is 0.174. The first-order valence-electron chi connectivity index (χ1n) is 9.89. The molecule has 0 amide bonds. The maximum atomic E-state index is 12.9. The molecule has 1 N–H and O–H groups in total. The largest absolute Gasteiger partial charge is 0.475 e. The molecule has 4 aromatic rings. The molecule has 4 rings (SSSR count). The normalized spacial score (nSPS) is 11.4. The summed E-state index contributed by atoms with van der Waals surface area (Å²) >= 11 is 0. The molecule has 158 valence electrons. The highest BCUT2D eigenvalue weighted by atomic mass is 32.2. The van der Waals surface area contributed by atoms with Crippen LogP contribution in [0, 0.1) is 6.92 Å². The van der Waals surface area contributed by atoms with Crippen LogP contribution in [-0.4, -0.2) is 30.0 Å². The van der Waals surface area contributed by atoms with Crippen molar-refractivity contribution < 1.29 is 13.2 Å². The molecule has 2 heterocycles. The summed E-state index contributed by atoms with van der Waals surface area (Å²) in [6.07, 6.45) is 5.07. The van der Waals surface area contributed by atoms with Gasteiger partial charge in [-0.1, -0.05) is 30.3 Å². The molecule has 0 spiro atoms. The first kappa shape index (κ1) is 20.7. The van der Waals surface area contributed by atoms with E-state index in [1.807, 2.05) is 49.5 Å². The van der Waals surface area contributed by atoms with Gasteiger partial charge in [-0.05, 0) is 61.2 Å². The van der Waals surface area contributed by atoms with E-state index in [-0.39, 0.29) is 16.6 Å². The second kappa shape index (κ2) is 9.09. The van der Waals surface area contributed by atoms with Crippen molar-refractivity contribution in [3.05, 3.63) is 84.2 Å². The number of anilines is 1. The Morgan fingerprint density at radius 1 is 0.968 bits per heavy atom. The number of aryl methyl sites for hydroxylation is 2. The summed E-state index contributed by atoms with van der Waals surface area (Å²) in [6.45, 7) is 2.20. The lowest BCUT2D eigenvalue weighted by Gasteiger charge is -2.13. The van der Waals surface area contributed by atoms with Crippen LogP contribution in [0.5, 0.6) is 5.88 Å². The molecule has 0 aliphatic rings. The van der Waals surface area contributed by atoms with Crippen molar-refractivity contribution in [2.75, 3.05) is 11.3 Å². The summed E-state index contributed by atoms with van der Waals surface area (Å²) in [5.41, 5.74) is 3.16. The molecule has 0 radical (unpaired) electrons. The number of benzene rings is 2. The number of ether oxygens (including phenoxy) is 1. The van der Waals surface area contributed by atoms with Crippen LogP contribution in [0.2, 0.25) is 0 Å². The Bertz CT molecular complexity index is 1290. The number of rotatable bonds is 8. The van der Waals surface area contributed by atoms with Crippen LogP contribution in [0.1, 0.15) is 17.5 Å². The molecule has 2 aromatic carbocycles. The maximum Gasteiger partial charge on any atom is 0.263 e. The lowest BCUT2D eigenvalue weighted by atomic mass is 10.2. The van der Waals surface area contributed by atoms with Gasteiger partial charge in [-0.2, -0.15) is 0 Å². The first-order chi connectivity index (χ1) is 15.0. The van der Waals surface area contributed by atoms with Crippen molar-refractivity contribution in [1.82, 2.24) is 15.0 Å². The number of pyridine rings is 1.